The van der Waals surface area contributed by atoms with Gasteiger partial charge in [0.2, 0.25) is 5.89 Å². The molecule has 0 saturated heterocycles. The van der Waals surface area contributed by atoms with Gasteiger partial charge in [-0.3, -0.25) is 4.79 Å². The van der Waals surface area contributed by atoms with Crippen molar-refractivity contribution in [3.05, 3.63) is 82.1 Å². The van der Waals surface area contributed by atoms with Crippen molar-refractivity contribution in [3.63, 3.8) is 0 Å². The molecule has 2 heterocycles. The molecule has 0 aliphatic rings. The zero-order valence-electron chi connectivity index (χ0n) is 15.9. The Bertz CT molecular complexity index is 1170. The largest absolute Gasteiger partial charge is 0.411 e. The number of nitrogens with zero attached hydrogens (tertiary/aromatic N) is 3. The van der Waals surface area contributed by atoms with Crippen LogP contribution < -0.4 is 0 Å². The van der Waals surface area contributed by atoms with Crippen LogP contribution in [0.2, 0.25) is 0 Å². The minimum atomic E-state index is 0.0333. The molecule has 7 heteroatoms. The van der Waals surface area contributed by atoms with Crippen LogP contribution in [0.3, 0.4) is 0 Å². The number of benzene rings is 2. The van der Waals surface area contributed by atoms with Crippen LogP contribution in [0.4, 0.5) is 0 Å². The minimum Gasteiger partial charge on any atom is -0.411 e. The van der Waals surface area contributed by atoms with E-state index in [1.165, 1.54) is 11.8 Å². The van der Waals surface area contributed by atoms with Crippen molar-refractivity contribution in [1.82, 2.24) is 14.8 Å². The lowest BCUT2D eigenvalue weighted by Crippen LogP contribution is -2.05. The van der Waals surface area contributed by atoms with Crippen LogP contribution in [0.5, 0.6) is 0 Å². The van der Waals surface area contributed by atoms with Crippen molar-refractivity contribution in [2.24, 2.45) is 0 Å². The second kappa shape index (κ2) is 8.39. The highest BCUT2D eigenvalue weighted by Crippen LogP contribution is 2.29. The van der Waals surface area contributed by atoms with E-state index < -0.39 is 0 Å². The Morgan fingerprint density at radius 1 is 1.07 bits per heavy atom. The smallest absolute Gasteiger partial charge is 0.277 e. The maximum atomic E-state index is 12.8. The molecule has 0 fully saturated rings. The van der Waals surface area contributed by atoms with Gasteiger partial charge in [0, 0.05) is 27.1 Å². The lowest BCUT2D eigenvalue weighted by atomic mass is 10.2. The summed E-state index contributed by atoms with van der Waals surface area (Å²) in [5, 5.41) is 8.53. The molecule has 0 aliphatic carbocycles. The Labute approximate surface area is 181 Å². The summed E-state index contributed by atoms with van der Waals surface area (Å²) < 4.78 is 8.69. The molecule has 0 amide bonds. The third-order valence-electron chi connectivity index (χ3n) is 4.58. The van der Waals surface area contributed by atoms with E-state index in [0.29, 0.717) is 16.7 Å². The van der Waals surface area contributed by atoms with Crippen molar-refractivity contribution in [2.45, 2.75) is 19.1 Å². The number of rotatable bonds is 6. The molecule has 0 bridgehead atoms. The summed E-state index contributed by atoms with van der Waals surface area (Å²) in [6.07, 6.45) is 0. The van der Waals surface area contributed by atoms with Crippen molar-refractivity contribution in [3.8, 4) is 17.1 Å². The lowest BCUT2D eigenvalue weighted by molar-refractivity contribution is 0.102. The van der Waals surface area contributed by atoms with Crippen LogP contribution in [0.25, 0.3) is 17.1 Å². The van der Waals surface area contributed by atoms with E-state index in [0.717, 1.165) is 27.1 Å². The highest BCUT2D eigenvalue weighted by atomic mass is 79.9. The second-order valence-electron chi connectivity index (χ2n) is 6.52. The molecule has 0 spiro atoms. The molecule has 4 rings (SSSR count). The Hall–Kier alpha value is -2.64. The van der Waals surface area contributed by atoms with Crippen LogP contribution in [-0.2, 0) is 0 Å². The number of hydrogen-bond acceptors (Lipinski definition) is 5. The zero-order chi connectivity index (χ0) is 20.4. The Morgan fingerprint density at radius 2 is 1.79 bits per heavy atom. The van der Waals surface area contributed by atoms with Crippen molar-refractivity contribution >= 4 is 33.5 Å². The molecule has 4 aromatic rings. The summed E-state index contributed by atoms with van der Waals surface area (Å²) in [5.74, 6) is 0.692. The maximum absolute atomic E-state index is 12.8. The van der Waals surface area contributed by atoms with Gasteiger partial charge in [0.15, 0.2) is 5.78 Å². The number of aryl methyl sites for hydroxylation is 1. The van der Waals surface area contributed by atoms with Crippen LogP contribution in [0.1, 0.15) is 21.7 Å². The third-order valence-corrected chi connectivity index (χ3v) is 6.09. The predicted octanol–water partition coefficient (Wildman–Crippen LogP) is 5.88. The van der Waals surface area contributed by atoms with Gasteiger partial charge < -0.3 is 8.98 Å². The van der Waals surface area contributed by atoms with Gasteiger partial charge in [-0.05, 0) is 60.1 Å². The van der Waals surface area contributed by atoms with Gasteiger partial charge in [-0.15, -0.1) is 10.2 Å². The van der Waals surface area contributed by atoms with E-state index >= 15 is 0 Å². The average Bonchev–Trinajstić information content (AvgIpc) is 3.31. The number of hydrogen-bond donors (Lipinski definition) is 0. The SMILES string of the molecule is Cc1cc(C(=O)CSc2nnc(-c3ccccc3Br)o2)c(C)n1-c1ccccc1. The molecule has 29 heavy (non-hydrogen) atoms. The van der Waals surface area contributed by atoms with Crippen LogP contribution in [0.15, 0.2) is 74.8 Å². The fourth-order valence-electron chi connectivity index (χ4n) is 3.24. The fourth-order valence-corrected chi connectivity index (χ4v) is 4.34. The first kappa shape index (κ1) is 19.7. The Balaban J connectivity index is 1.49. The Morgan fingerprint density at radius 3 is 2.55 bits per heavy atom. The molecule has 0 unspecified atom stereocenters. The van der Waals surface area contributed by atoms with E-state index in [1.807, 2.05) is 74.5 Å². The molecule has 5 nitrogen and oxygen atoms in total. The molecule has 2 aromatic carbocycles. The topological polar surface area (TPSA) is 60.9 Å². The monoisotopic (exact) mass is 467 g/mol. The zero-order valence-corrected chi connectivity index (χ0v) is 18.3. The summed E-state index contributed by atoms with van der Waals surface area (Å²) in [5.41, 5.74) is 4.54. The van der Waals surface area contributed by atoms with Gasteiger partial charge in [0.1, 0.15) is 0 Å². The van der Waals surface area contributed by atoms with E-state index in [9.17, 15) is 4.79 Å². The first-order valence-electron chi connectivity index (χ1n) is 9.03. The quantitative estimate of drug-likeness (QED) is 0.261. The number of halogens is 1. The number of thioether (sulfide) groups is 1. The van der Waals surface area contributed by atoms with Gasteiger partial charge in [0.05, 0.1) is 11.3 Å². The van der Waals surface area contributed by atoms with Gasteiger partial charge >= 0.3 is 0 Å². The van der Waals surface area contributed by atoms with Crippen LogP contribution in [0, 0.1) is 13.8 Å². The first-order chi connectivity index (χ1) is 14.0. The summed E-state index contributed by atoms with van der Waals surface area (Å²) in [7, 11) is 0. The van der Waals surface area contributed by atoms with Gasteiger partial charge in [-0.1, -0.05) is 42.1 Å². The van der Waals surface area contributed by atoms with Gasteiger partial charge in [0.25, 0.3) is 5.22 Å². The molecular formula is C22H18BrN3O2S. The average molecular weight is 468 g/mol. The number of ketones is 1. The lowest BCUT2D eigenvalue weighted by Gasteiger charge is -2.09. The van der Waals surface area contributed by atoms with Crippen molar-refractivity contribution in [2.75, 3.05) is 5.75 Å². The summed E-state index contributed by atoms with van der Waals surface area (Å²) >= 11 is 4.73. The maximum Gasteiger partial charge on any atom is 0.277 e. The summed E-state index contributed by atoms with van der Waals surface area (Å²) in [6.45, 7) is 3.97. The standard InChI is InChI=1S/C22H18BrN3O2S/c1-14-12-18(15(2)26(14)16-8-4-3-5-9-16)20(27)13-29-22-25-24-21(28-22)17-10-6-7-11-19(17)23/h3-12H,13H2,1-2H3. The molecule has 2 aromatic heterocycles. The van der Waals surface area contributed by atoms with E-state index in [4.69, 9.17) is 4.42 Å². The van der Waals surface area contributed by atoms with E-state index in [-0.39, 0.29) is 11.5 Å². The highest BCUT2D eigenvalue weighted by Gasteiger charge is 2.18. The second-order valence-corrected chi connectivity index (χ2v) is 8.30. The van der Waals surface area contributed by atoms with E-state index in [1.54, 1.807) is 0 Å². The summed E-state index contributed by atoms with van der Waals surface area (Å²) in [6, 6.07) is 19.6. The minimum absolute atomic E-state index is 0.0333. The predicted molar refractivity (Wildman–Crippen MR) is 118 cm³/mol. The number of aromatic nitrogens is 3. The molecule has 0 atom stereocenters. The molecule has 0 radical (unpaired) electrons. The molecule has 0 saturated carbocycles. The van der Waals surface area contributed by atoms with Crippen molar-refractivity contribution < 1.29 is 9.21 Å². The van der Waals surface area contributed by atoms with Crippen LogP contribution in [-0.4, -0.2) is 26.3 Å². The molecule has 146 valence electrons. The Kier molecular flexibility index (Phi) is 5.69. The third kappa shape index (κ3) is 4.06. The highest BCUT2D eigenvalue weighted by molar-refractivity contribution is 9.10. The van der Waals surface area contributed by atoms with Crippen LogP contribution >= 0.6 is 27.7 Å². The number of carbonyl (C=O) groups is 1. The molecule has 0 N–H and O–H groups in total. The molecule has 0 aliphatic heterocycles. The van der Waals surface area contributed by atoms with Gasteiger partial charge in [-0.2, -0.15) is 0 Å². The summed E-state index contributed by atoms with van der Waals surface area (Å²) in [4.78, 5) is 12.8. The molecular weight excluding hydrogens is 450 g/mol. The number of carbonyl (C=O) groups excluding carboxylic acids is 1. The number of Topliss-reactive ketones (excluding diaryl/α,β-unsaturated/α-hetero) is 1. The van der Waals surface area contributed by atoms with E-state index in [2.05, 4.69) is 30.7 Å². The fraction of sp³-hybridized carbons (Fsp3) is 0.136. The first-order valence-corrected chi connectivity index (χ1v) is 10.8. The normalized spacial score (nSPS) is 11.0. The number of para-hydroxylation sites is 1. The van der Waals surface area contributed by atoms with Crippen molar-refractivity contribution in [1.29, 1.82) is 0 Å². The van der Waals surface area contributed by atoms with Gasteiger partial charge in [-0.25, -0.2) is 0 Å².